The molecule has 1 aromatic heterocycles. The predicted molar refractivity (Wildman–Crippen MR) is 79.5 cm³/mol. The van der Waals surface area contributed by atoms with Crippen LogP contribution in [0.5, 0.6) is 5.75 Å². The van der Waals surface area contributed by atoms with E-state index in [1.165, 1.54) is 7.11 Å². The Hall–Kier alpha value is -2.61. The van der Waals surface area contributed by atoms with Crippen LogP contribution in [0.3, 0.4) is 0 Å². The van der Waals surface area contributed by atoms with Crippen molar-refractivity contribution in [2.75, 3.05) is 13.7 Å². The van der Waals surface area contributed by atoms with Crippen molar-refractivity contribution >= 4 is 5.91 Å². The van der Waals surface area contributed by atoms with E-state index in [-0.39, 0.29) is 12.1 Å². The average Bonchev–Trinajstić information content (AvgIpc) is 2.58. The highest BCUT2D eigenvalue weighted by Crippen LogP contribution is 2.27. The van der Waals surface area contributed by atoms with Crippen molar-refractivity contribution in [1.29, 1.82) is 0 Å². The minimum absolute atomic E-state index is 0.0232. The van der Waals surface area contributed by atoms with Crippen LogP contribution in [-0.2, 0) is 6.18 Å². The summed E-state index contributed by atoms with van der Waals surface area (Å²) in [5.74, 6) is 0.00889. The molecule has 1 aromatic carbocycles. The van der Waals surface area contributed by atoms with Crippen molar-refractivity contribution < 1.29 is 27.8 Å². The van der Waals surface area contributed by atoms with Crippen LogP contribution in [0.25, 0.3) is 0 Å². The average molecular weight is 340 g/mol. The summed E-state index contributed by atoms with van der Waals surface area (Å²) in [4.78, 5) is 15.1. The van der Waals surface area contributed by atoms with Crippen molar-refractivity contribution in [1.82, 2.24) is 10.3 Å². The van der Waals surface area contributed by atoms with E-state index < -0.39 is 23.9 Å². The van der Waals surface area contributed by atoms with Crippen LogP contribution in [0.1, 0.15) is 27.7 Å². The fraction of sp³-hybridized carbons (Fsp3) is 0.250. The minimum Gasteiger partial charge on any atom is -0.497 e. The van der Waals surface area contributed by atoms with Crippen LogP contribution >= 0.6 is 0 Å². The first-order valence-electron chi connectivity index (χ1n) is 6.94. The van der Waals surface area contributed by atoms with Gasteiger partial charge in [-0.3, -0.25) is 9.78 Å². The fourth-order valence-corrected chi connectivity index (χ4v) is 1.93. The maximum atomic E-state index is 12.4. The predicted octanol–water partition coefficient (Wildman–Crippen LogP) is 2.57. The number of hydrogen-bond acceptors (Lipinski definition) is 4. The zero-order chi connectivity index (χ0) is 17.7. The molecule has 0 saturated heterocycles. The van der Waals surface area contributed by atoms with Gasteiger partial charge >= 0.3 is 6.18 Å². The SMILES string of the molecule is COc1ccc(C(O)CNC(=O)c2ccc(C(F)(F)F)nc2)cc1. The molecule has 5 nitrogen and oxygen atoms in total. The summed E-state index contributed by atoms with van der Waals surface area (Å²) < 4.78 is 42.2. The lowest BCUT2D eigenvalue weighted by atomic mass is 10.1. The molecule has 2 N–H and O–H groups in total. The number of benzene rings is 1. The number of methoxy groups -OCH3 is 1. The lowest BCUT2D eigenvalue weighted by Gasteiger charge is -2.13. The number of nitrogens with zero attached hydrogens (tertiary/aromatic N) is 1. The number of nitrogens with one attached hydrogen (secondary N) is 1. The lowest BCUT2D eigenvalue weighted by molar-refractivity contribution is -0.141. The number of aromatic nitrogens is 1. The summed E-state index contributed by atoms with van der Waals surface area (Å²) in [6, 6.07) is 8.39. The van der Waals surface area contributed by atoms with Gasteiger partial charge in [-0.2, -0.15) is 13.2 Å². The monoisotopic (exact) mass is 340 g/mol. The highest BCUT2D eigenvalue weighted by molar-refractivity contribution is 5.93. The van der Waals surface area contributed by atoms with E-state index in [4.69, 9.17) is 4.74 Å². The standard InChI is InChI=1S/C16H15F3N2O3/c1-24-12-5-2-10(3-6-12)13(22)9-21-15(23)11-4-7-14(20-8-11)16(17,18)19/h2-8,13,22H,9H2,1H3,(H,21,23). The molecule has 24 heavy (non-hydrogen) atoms. The molecular formula is C16H15F3N2O3. The molecule has 128 valence electrons. The van der Waals surface area contributed by atoms with E-state index >= 15 is 0 Å². The van der Waals surface area contributed by atoms with E-state index in [2.05, 4.69) is 10.3 Å². The smallest absolute Gasteiger partial charge is 0.433 e. The first-order valence-corrected chi connectivity index (χ1v) is 6.94. The van der Waals surface area contributed by atoms with Crippen molar-refractivity contribution in [2.45, 2.75) is 12.3 Å². The van der Waals surface area contributed by atoms with Gasteiger partial charge in [-0.1, -0.05) is 12.1 Å². The van der Waals surface area contributed by atoms with E-state index in [1.54, 1.807) is 24.3 Å². The third kappa shape index (κ3) is 4.45. The highest BCUT2D eigenvalue weighted by Gasteiger charge is 2.32. The molecule has 0 aliphatic heterocycles. The number of carbonyl (C=O) groups excluding carboxylic acids is 1. The van der Waals surface area contributed by atoms with Crippen LogP contribution < -0.4 is 10.1 Å². The molecule has 0 aliphatic carbocycles. The number of amides is 1. The van der Waals surface area contributed by atoms with E-state index in [0.29, 0.717) is 11.3 Å². The molecular weight excluding hydrogens is 325 g/mol. The molecule has 1 unspecified atom stereocenters. The summed E-state index contributed by atoms with van der Waals surface area (Å²) in [6.45, 7) is -0.0911. The number of carbonyl (C=O) groups is 1. The minimum atomic E-state index is -4.56. The Morgan fingerprint density at radius 3 is 2.42 bits per heavy atom. The number of halogens is 3. The molecule has 0 radical (unpaired) electrons. The molecule has 1 amide bonds. The second-order valence-corrected chi connectivity index (χ2v) is 4.93. The quantitative estimate of drug-likeness (QED) is 0.878. The molecule has 8 heteroatoms. The fourth-order valence-electron chi connectivity index (χ4n) is 1.93. The maximum Gasteiger partial charge on any atom is 0.433 e. The zero-order valence-electron chi connectivity index (χ0n) is 12.7. The Kier molecular flexibility index (Phi) is 5.40. The maximum absolute atomic E-state index is 12.4. The van der Waals surface area contributed by atoms with Crippen molar-refractivity contribution in [3.8, 4) is 5.75 Å². The second-order valence-electron chi connectivity index (χ2n) is 4.93. The molecule has 0 bridgehead atoms. The zero-order valence-corrected chi connectivity index (χ0v) is 12.7. The largest absolute Gasteiger partial charge is 0.497 e. The molecule has 1 atom stereocenters. The number of ether oxygens (including phenoxy) is 1. The van der Waals surface area contributed by atoms with Crippen molar-refractivity contribution in [3.05, 3.63) is 59.4 Å². The number of hydrogen-bond donors (Lipinski definition) is 2. The van der Waals surface area contributed by atoms with Gasteiger partial charge in [0.05, 0.1) is 18.8 Å². The summed E-state index contributed by atoms with van der Waals surface area (Å²) in [5, 5.41) is 12.5. The van der Waals surface area contributed by atoms with Crippen LogP contribution in [0, 0.1) is 0 Å². The van der Waals surface area contributed by atoms with Gasteiger partial charge in [0.1, 0.15) is 11.4 Å². The molecule has 0 saturated carbocycles. The molecule has 0 aliphatic rings. The van der Waals surface area contributed by atoms with Crippen molar-refractivity contribution in [3.63, 3.8) is 0 Å². The van der Waals surface area contributed by atoms with E-state index in [9.17, 15) is 23.1 Å². The second kappa shape index (κ2) is 7.31. The third-order valence-corrected chi connectivity index (χ3v) is 3.27. The third-order valence-electron chi connectivity index (χ3n) is 3.27. The summed E-state index contributed by atoms with van der Waals surface area (Å²) in [5.41, 5.74) is -0.524. The van der Waals surface area contributed by atoms with Gasteiger partial charge in [-0.05, 0) is 29.8 Å². The number of aliphatic hydroxyl groups is 1. The van der Waals surface area contributed by atoms with Gasteiger partial charge in [0.25, 0.3) is 5.91 Å². The van der Waals surface area contributed by atoms with Crippen LogP contribution in [0.15, 0.2) is 42.6 Å². The van der Waals surface area contributed by atoms with Gasteiger partial charge in [-0.15, -0.1) is 0 Å². The summed E-state index contributed by atoms with van der Waals surface area (Å²) in [7, 11) is 1.52. The molecule has 0 fully saturated rings. The van der Waals surface area contributed by atoms with Crippen LogP contribution in [0.4, 0.5) is 13.2 Å². The van der Waals surface area contributed by atoms with Gasteiger partial charge in [0, 0.05) is 12.7 Å². The van der Waals surface area contributed by atoms with Gasteiger partial charge in [0.2, 0.25) is 0 Å². The Balaban J connectivity index is 1.94. The Bertz CT molecular complexity index is 685. The molecule has 0 spiro atoms. The topological polar surface area (TPSA) is 71.5 Å². The Morgan fingerprint density at radius 1 is 1.25 bits per heavy atom. The molecule has 1 heterocycles. The summed E-state index contributed by atoms with van der Waals surface area (Å²) in [6.07, 6.45) is -4.67. The van der Waals surface area contributed by atoms with Gasteiger partial charge in [-0.25, -0.2) is 0 Å². The van der Waals surface area contributed by atoms with Gasteiger partial charge in [0.15, 0.2) is 0 Å². The summed E-state index contributed by atoms with van der Waals surface area (Å²) >= 11 is 0. The first-order chi connectivity index (χ1) is 11.3. The van der Waals surface area contributed by atoms with E-state index in [1.807, 2.05) is 0 Å². The lowest BCUT2D eigenvalue weighted by Crippen LogP contribution is -2.28. The van der Waals surface area contributed by atoms with Gasteiger partial charge < -0.3 is 15.2 Å². The molecule has 2 aromatic rings. The molecule has 2 rings (SSSR count). The van der Waals surface area contributed by atoms with Crippen LogP contribution in [0.2, 0.25) is 0 Å². The van der Waals surface area contributed by atoms with Crippen LogP contribution in [-0.4, -0.2) is 29.7 Å². The first kappa shape index (κ1) is 17.7. The highest BCUT2D eigenvalue weighted by atomic mass is 19.4. The normalized spacial score (nSPS) is 12.5. The number of aliphatic hydroxyl groups excluding tert-OH is 1. The van der Waals surface area contributed by atoms with E-state index in [0.717, 1.165) is 18.3 Å². The number of alkyl halides is 3. The Labute approximate surface area is 136 Å². The number of pyridine rings is 1. The van der Waals surface area contributed by atoms with Crippen molar-refractivity contribution in [2.24, 2.45) is 0 Å². The Morgan fingerprint density at radius 2 is 1.92 bits per heavy atom. The number of rotatable bonds is 5.